The second kappa shape index (κ2) is 9.18. The highest BCUT2D eigenvalue weighted by atomic mass is 16.5. The Balaban J connectivity index is 1.91. The third-order valence-corrected chi connectivity index (χ3v) is 4.06. The Morgan fingerprint density at radius 3 is 1.38 bits per heavy atom. The van der Waals surface area contributed by atoms with Gasteiger partial charge in [-0.15, -0.1) is 0 Å². The summed E-state index contributed by atoms with van der Waals surface area (Å²) in [5, 5.41) is 0. The lowest BCUT2D eigenvalue weighted by atomic mass is 10.0. The van der Waals surface area contributed by atoms with Crippen LogP contribution in [-0.4, -0.2) is 11.9 Å². The zero-order valence-electron chi connectivity index (χ0n) is 15.8. The molecule has 0 spiro atoms. The molecule has 0 N–H and O–H groups in total. The number of hydrogen-bond donors (Lipinski definition) is 0. The van der Waals surface area contributed by atoms with Gasteiger partial charge < -0.3 is 9.47 Å². The zero-order chi connectivity index (χ0) is 19.1. The van der Waals surface area contributed by atoms with Crippen LogP contribution in [0.3, 0.4) is 0 Å². The lowest BCUT2D eigenvalue weighted by Gasteiger charge is -2.13. The number of carbonyl (C=O) groups is 2. The van der Waals surface area contributed by atoms with E-state index in [0.29, 0.717) is 11.5 Å². The first-order chi connectivity index (χ1) is 12.4. The van der Waals surface area contributed by atoms with Crippen LogP contribution in [0.1, 0.15) is 63.5 Å². The van der Waals surface area contributed by atoms with Gasteiger partial charge in [0.2, 0.25) is 0 Å². The molecule has 0 radical (unpaired) electrons. The van der Waals surface area contributed by atoms with E-state index in [1.807, 2.05) is 64.1 Å². The van der Waals surface area contributed by atoms with Gasteiger partial charge in [-0.2, -0.15) is 0 Å². The summed E-state index contributed by atoms with van der Waals surface area (Å²) in [5.41, 5.74) is 1.93. The van der Waals surface area contributed by atoms with E-state index >= 15 is 0 Å². The fourth-order valence-electron chi connectivity index (χ4n) is 2.65. The van der Waals surface area contributed by atoms with E-state index in [1.165, 1.54) is 0 Å². The molecule has 26 heavy (non-hydrogen) atoms. The molecule has 2 aromatic carbocycles. The topological polar surface area (TPSA) is 52.6 Å². The minimum Gasteiger partial charge on any atom is -0.426 e. The van der Waals surface area contributed by atoms with Gasteiger partial charge in [0.25, 0.3) is 0 Å². The van der Waals surface area contributed by atoms with Crippen molar-refractivity contribution in [1.29, 1.82) is 0 Å². The van der Waals surface area contributed by atoms with Crippen molar-refractivity contribution in [3.63, 3.8) is 0 Å². The molecular weight excluding hydrogens is 328 g/mol. The molecule has 2 aromatic rings. The molecule has 0 amide bonds. The van der Waals surface area contributed by atoms with Crippen molar-refractivity contribution in [2.24, 2.45) is 0 Å². The largest absolute Gasteiger partial charge is 0.426 e. The molecule has 0 aromatic heterocycles. The molecule has 0 bridgehead atoms. The van der Waals surface area contributed by atoms with Crippen LogP contribution in [0.15, 0.2) is 48.5 Å². The SMILES string of the molecule is CC(C)c1ccccc1OC(=O)CCC(=O)Oc1ccccc1C(C)C. The molecule has 0 aliphatic rings. The lowest BCUT2D eigenvalue weighted by molar-refractivity contribution is -0.140. The number of ether oxygens (including phenoxy) is 2. The van der Waals surface area contributed by atoms with E-state index < -0.39 is 11.9 Å². The van der Waals surface area contributed by atoms with Crippen molar-refractivity contribution in [3.05, 3.63) is 59.7 Å². The van der Waals surface area contributed by atoms with Crippen LogP contribution in [0.5, 0.6) is 11.5 Å². The van der Waals surface area contributed by atoms with Crippen LogP contribution in [-0.2, 0) is 9.59 Å². The molecule has 0 aliphatic carbocycles. The predicted octanol–water partition coefficient (Wildman–Crippen LogP) is 5.22. The maximum Gasteiger partial charge on any atom is 0.311 e. The summed E-state index contributed by atoms with van der Waals surface area (Å²) >= 11 is 0. The van der Waals surface area contributed by atoms with Crippen LogP contribution in [0.2, 0.25) is 0 Å². The van der Waals surface area contributed by atoms with E-state index in [1.54, 1.807) is 12.1 Å². The summed E-state index contributed by atoms with van der Waals surface area (Å²) in [5.74, 6) is 0.712. The summed E-state index contributed by atoms with van der Waals surface area (Å²) < 4.78 is 10.8. The second-order valence-corrected chi connectivity index (χ2v) is 6.83. The molecule has 4 heteroatoms. The monoisotopic (exact) mass is 354 g/mol. The van der Waals surface area contributed by atoms with Gasteiger partial charge in [0.05, 0.1) is 12.8 Å². The van der Waals surface area contributed by atoms with Gasteiger partial charge in [0.1, 0.15) is 11.5 Å². The van der Waals surface area contributed by atoms with Gasteiger partial charge in [0.15, 0.2) is 0 Å². The Hall–Kier alpha value is -2.62. The van der Waals surface area contributed by atoms with Crippen molar-refractivity contribution in [2.45, 2.75) is 52.4 Å². The quantitative estimate of drug-likeness (QED) is 0.505. The number of esters is 2. The fraction of sp³-hybridized carbons (Fsp3) is 0.364. The highest BCUT2D eigenvalue weighted by Crippen LogP contribution is 2.27. The summed E-state index contributed by atoms with van der Waals surface area (Å²) in [6.45, 7) is 8.15. The molecule has 2 rings (SSSR count). The van der Waals surface area contributed by atoms with Gasteiger partial charge in [-0.1, -0.05) is 64.1 Å². The summed E-state index contributed by atoms with van der Waals surface area (Å²) in [6, 6.07) is 14.9. The lowest BCUT2D eigenvalue weighted by Crippen LogP contribution is -2.15. The van der Waals surface area contributed by atoms with Crippen molar-refractivity contribution in [1.82, 2.24) is 0 Å². The number of hydrogen-bond acceptors (Lipinski definition) is 4. The number of benzene rings is 2. The van der Waals surface area contributed by atoms with Crippen LogP contribution < -0.4 is 9.47 Å². The maximum absolute atomic E-state index is 12.1. The molecule has 0 atom stereocenters. The minimum absolute atomic E-state index is 0.0187. The van der Waals surface area contributed by atoms with Gasteiger partial charge >= 0.3 is 11.9 Å². The van der Waals surface area contributed by atoms with Gasteiger partial charge in [-0.25, -0.2) is 0 Å². The Bertz CT molecular complexity index is 697. The molecule has 0 heterocycles. The number of rotatable bonds is 7. The number of para-hydroxylation sites is 2. The van der Waals surface area contributed by atoms with Crippen LogP contribution in [0, 0.1) is 0 Å². The molecule has 0 aliphatic heterocycles. The van der Waals surface area contributed by atoms with E-state index in [9.17, 15) is 9.59 Å². The van der Waals surface area contributed by atoms with Gasteiger partial charge in [0, 0.05) is 0 Å². The van der Waals surface area contributed by atoms with Crippen molar-refractivity contribution in [2.75, 3.05) is 0 Å². The Kier molecular flexibility index (Phi) is 6.96. The standard InChI is InChI=1S/C22H26O4/c1-15(2)17-9-5-7-11-19(17)25-21(23)13-14-22(24)26-20-12-8-6-10-18(20)16(3)4/h5-12,15-16H,13-14H2,1-4H3. The fourth-order valence-corrected chi connectivity index (χ4v) is 2.65. The van der Waals surface area contributed by atoms with E-state index in [4.69, 9.17) is 9.47 Å². The van der Waals surface area contributed by atoms with E-state index in [-0.39, 0.29) is 24.7 Å². The molecular formula is C22H26O4. The normalized spacial score (nSPS) is 10.8. The third kappa shape index (κ3) is 5.45. The molecule has 138 valence electrons. The van der Waals surface area contributed by atoms with Crippen LogP contribution >= 0.6 is 0 Å². The molecule has 0 unspecified atom stereocenters. The highest BCUT2D eigenvalue weighted by molar-refractivity contribution is 5.80. The number of carbonyl (C=O) groups excluding carboxylic acids is 2. The van der Waals surface area contributed by atoms with E-state index in [0.717, 1.165) is 11.1 Å². The molecule has 0 saturated heterocycles. The Morgan fingerprint density at radius 1 is 0.692 bits per heavy atom. The third-order valence-electron chi connectivity index (χ3n) is 4.06. The summed E-state index contributed by atoms with van der Waals surface area (Å²) in [6.07, 6.45) is -0.0375. The van der Waals surface area contributed by atoms with Crippen molar-refractivity contribution < 1.29 is 19.1 Å². The smallest absolute Gasteiger partial charge is 0.311 e. The predicted molar refractivity (Wildman–Crippen MR) is 102 cm³/mol. The average Bonchev–Trinajstić information content (AvgIpc) is 2.60. The zero-order valence-corrected chi connectivity index (χ0v) is 15.8. The highest BCUT2D eigenvalue weighted by Gasteiger charge is 2.15. The molecule has 0 fully saturated rings. The van der Waals surface area contributed by atoms with Gasteiger partial charge in [-0.3, -0.25) is 9.59 Å². The summed E-state index contributed by atoms with van der Waals surface area (Å²) in [7, 11) is 0. The first-order valence-corrected chi connectivity index (χ1v) is 8.97. The van der Waals surface area contributed by atoms with Crippen molar-refractivity contribution >= 4 is 11.9 Å². The van der Waals surface area contributed by atoms with Gasteiger partial charge in [-0.05, 0) is 35.1 Å². The first kappa shape index (κ1) is 19.7. The van der Waals surface area contributed by atoms with Crippen LogP contribution in [0.25, 0.3) is 0 Å². The summed E-state index contributed by atoms with van der Waals surface area (Å²) in [4.78, 5) is 24.2. The molecule has 0 saturated carbocycles. The van der Waals surface area contributed by atoms with Crippen LogP contribution in [0.4, 0.5) is 0 Å². The van der Waals surface area contributed by atoms with Crippen molar-refractivity contribution in [3.8, 4) is 11.5 Å². The van der Waals surface area contributed by atoms with E-state index in [2.05, 4.69) is 0 Å². The first-order valence-electron chi connectivity index (χ1n) is 8.97. The average molecular weight is 354 g/mol. The molecule has 4 nitrogen and oxygen atoms in total. The second-order valence-electron chi connectivity index (χ2n) is 6.83. The Morgan fingerprint density at radius 2 is 1.04 bits per heavy atom. The maximum atomic E-state index is 12.1. The Labute approximate surface area is 155 Å². The minimum atomic E-state index is -0.438.